The number of ether oxygens (including phenoxy) is 3. The van der Waals surface area contributed by atoms with E-state index in [2.05, 4.69) is 4.74 Å². The first-order chi connectivity index (χ1) is 9.58. The molecule has 0 bridgehead atoms. The predicted octanol–water partition coefficient (Wildman–Crippen LogP) is 3.15. The Morgan fingerprint density at radius 2 is 1.95 bits per heavy atom. The van der Waals surface area contributed by atoms with Crippen molar-refractivity contribution in [2.45, 2.75) is 33.0 Å². The van der Waals surface area contributed by atoms with Crippen LogP contribution in [0, 0.1) is 0 Å². The average molecular weight is 290 g/mol. The van der Waals surface area contributed by atoms with Crippen LogP contribution in [0.15, 0.2) is 18.2 Å². The molecule has 114 valence electrons. The molecular weight excluding hydrogens is 270 g/mol. The lowest BCUT2D eigenvalue weighted by molar-refractivity contribution is -0.0515. The summed E-state index contributed by atoms with van der Waals surface area (Å²) in [4.78, 5) is 0. The van der Waals surface area contributed by atoms with E-state index in [1.54, 1.807) is 6.92 Å². The molecule has 1 unspecified atom stereocenters. The van der Waals surface area contributed by atoms with Crippen molar-refractivity contribution < 1.29 is 28.1 Å². The second-order valence-electron chi connectivity index (χ2n) is 4.11. The first kappa shape index (κ1) is 16.7. The number of alkyl halides is 2. The first-order valence-electron chi connectivity index (χ1n) is 6.55. The molecule has 20 heavy (non-hydrogen) atoms. The van der Waals surface area contributed by atoms with Gasteiger partial charge in [-0.3, -0.25) is 0 Å². The highest BCUT2D eigenvalue weighted by atomic mass is 19.3. The zero-order valence-corrected chi connectivity index (χ0v) is 11.6. The van der Waals surface area contributed by atoms with E-state index in [1.807, 2.05) is 6.92 Å². The number of hydrogen-bond donors (Lipinski definition) is 1. The van der Waals surface area contributed by atoms with Crippen molar-refractivity contribution in [3.8, 4) is 11.5 Å². The standard InChI is InChI=1S/C14H20F2O4/c1-3-7-18-9-11(17)10-5-6-12(20-14(15)16)13(8-10)19-4-2/h5-6,8,11,14,17H,3-4,7,9H2,1-2H3. The van der Waals surface area contributed by atoms with Gasteiger partial charge in [0.1, 0.15) is 6.10 Å². The van der Waals surface area contributed by atoms with E-state index in [0.717, 1.165) is 6.42 Å². The number of hydrogen-bond acceptors (Lipinski definition) is 4. The number of rotatable bonds is 9. The normalized spacial score (nSPS) is 12.5. The Labute approximate surface area is 117 Å². The van der Waals surface area contributed by atoms with Crippen molar-refractivity contribution in [1.82, 2.24) is 0 Å². The van der Waals surface area contributed by atoms with Crippen molar-refractivity contribution in [3.05, 3.63) is 23.8 Å². The van der Waals surface area contributed by atoms with Gasteiger partial charge < -0.3 is 19.3 Å². The molecule has 0 aromatic heterocycles. The molecular formula is C14H20F2O4. The van der Waals surface area contributed by atoms with E-state index in [1.165, 1.54) is 18.2 Å². The smallest absolute Gasteiger partial charge is 0.387 e. The number of benzene rings is 1. The highest BCUT2D eigenvalue weighted by molar-refractivity contribution is 5.43. The minimum absolute atomic E-state index is 0.0488. The zero-order valence-electron chi connectivity index (χ0n) is 11.6. The van der Waals surface area contributed by atoms with Crippen LogP contribution in [0.5, 0.6) is 11.5 Å². The summed E-state index contributed by atoms with van der Waals surface area (Å²) >= 11 is 0. The summed E-state index contributed by atoms with van der Waals surface area (Å²) in [5.74, 6) is 0.132. The van der Waals surface area contributed by atoms with E-state index >= 15 is 0 Å². The topological polar surface area (TPSA) is 47.9 Å². The van der Waals surface area contributed by atoms with Crippen LogP contribution in [0.25, 0.3) is 0 Å². The van der Waals surface area contributed by atoms with Gasteiger partial charge in [-0.1, -0.05) is 13.0 Å². The molecule has 1 rings (SSSR count). The lowest BCUT2D eigenvalue weighted by Gasteiger charge is -2.15. The second kappa shape index (κ2) is 8.71. The third-order valence-corrected chi connectivity index (χ3v) is 2.49. The van der Waals surface area contributed by atoms with E-state index < -0.39 is 12.7 Å². The summed E-state index contributed by atoms with van der Waals surface area (Å²) in [6.45, 7) is 1.80. The molecule has 4 nitrogen and oxygen atoms in total. The Kier molecular flexibility index (Phi) is 7.25. The van der Waals surface area contributed by atoms with Gasteiger partial charge in [0.15, 0.2) is 11.5 Å². The van der Waals surface area contributed by atoms with Crippen LogP contribution in [-0.4, -0.2) is 31.5 Å². The summed E-state index contributed by atoms with van der Waals surface area (Å²) in [5, 5.41) is 9.94. The highest BCUT2D eigenvalue weighted by Crippen LogP contribution is 2.31. The Balaban J connectivity index is 2.80. The molecule has 0 aliphatic rings. The van der Waals surface area contributed by atoms with E-state index in [-0.39, 0.29) is 18.1 Å². The Morgan fingerprint density at radius 1 is 1.20 bits per heavy atom. The van der Waals surface area contributed by atoms with Gasteiger partial charge in [-0.2, -0.15) is 8.78 Å². The monoisotopic (exact) mass is 290 g/mol. The minimum atomic E-state index is -2.92. The lowest BCUT2D eigenvalue weighted by Crippen LogP contribution is -2.09. The Morgan fingerprint density at radius 3 is 2.55 bits per heavy atom. The molecule has 0 saturated heterocycles. The Bertz CT molecular complexity index is 399. The third-order valence-electron chi connectivity index (χ3n) is 2.49. The fraction of sp³-hybridized carbons (Fsp3) is 0.571. The molecule has 1 atom stereocenters. The van der Waals surface area contributed by atoms with Crippen molar-refractivity contribution in [3.63, 3.8) is 0 Å². The van der Waals surface area contributed by atoms with Crippen LogP contribution in [0.3, 0.4) is 0 Å². The maximum absolute atomic E-state index is 12.3. The van der Waals surface area contributed by atoms with Crippen LogP contribution in [-0.2, 0) is 4.74 Å². The maximum atomic E-state index is 12.3. The summed E-state index contributed by atoms with van der Waals surface area (Å²) < 4.78 is 39.4. The van der Waals surface area contributed by atoms with Crippen LogP contribution >= 0.6 is 0 Å². The predicted molar refractivity (Wildman–Crippen MR) is 70.3 cm³/mol. The number of aliphatic hydroxyl groups excluding tert-OH is 1. The quantitative estimate of drug-likeness (QED) is 0.710. The van der Waals surface area contributed by atoms with Gasteiger partial charge in [0, 0.05) is 6.61 Å². The molecule has 0 fully saturated rings. The summed E-state index contributed by atoms with van der Waals surface area (Å²) in [6, 6.07) is 4.36. The Hall–Kier alpha value is -1.40. The molecule has 6 heteroatoms. The van der Waals surface area contributed by atoms with Crippen LogP contribution < -0.4 is 9.47 Å². The zero-order chi connectivity index (χ0) is 15.0. The van der Waals surface area contributed by atoms with E-state index in [9.17, 15) is 13.9 Å². The van der Waals surface area contributed by atoms with Gasteiger partial charge in [-0.25, -0.2) is 0 Å². The molecule has 0 spiro atoms. The van der Waals surface area contributed by atoms with Gasteiger partial charge in [-0.15, -0.1) is 0 Å². The van der Waals surface area contributed by atoms with Crippen molar-refractivity contribution >= 4 is 0 Å². The van der Waals surface area contributed by atoms with Crippen LogP contribution in [0.2, 0.25) is 0 Å². The van der Waals surface area contributed by atoms with Gasteiger partial charge in [-0.05, 0) is 31.0 Å². The van der Waals surface area contributed by atoms with Crippen molar-refractivity contribution in [1.29, 1.82) is 0 Å². The van der Waals surface area contributed by atoms with Crippen LogP contribution in [0.4, 0.5) is 8.78 Å². The van der Waals surface area contributed by atoms with Gasteiger partial charge in [0.05, 0.1) is 13.2 Å². The third kappa shape index (κ3) is 5.30. The molecule has 0 aliphatic carbocycles. The van der Waals surface area contributed by atoms with Gasteiger partial charge >= 0.3 is 6.61 Å². The van der Waals surface area contributed by atoms with E-state index in [4.69, 9.17) is 9.47 Å². The number of aliphatic hydroxyl groups is 1. The SMILES string of the molecule is CCCOCC(O)c1ccc(OC(F)F)c(OCC)c1. The molecule has 0 aliphatic heterocycles. The fourth-order valence-corrected chi connectivity index (χ4v) is 1.63. The molecule has 0 heterocycles. The van der Waals surface area contributed by atoms with E-state index in [0.29, 0.717) is 18.8 Å². The fourth-order valence-electron chi connectivity index (χ4n) is 1.63. The van der Waals surface area contributed by atoms with Gasteiger partial charge in [0.2, 0.25) is 0 Å². The first-order valence-corrected chi connectivity index (χ1v) is 6.55. The second-order valence-corrected chi connectivity index (χ2v) is 4.11. The number of halogens is 2. The molecule has 0 radical (unpaired) electrons. The molecule has 1 N–H and O–H groups in total. The average Bonchev–Trinajstić information content (AvgIpc) is 2.40. The summed E-state index contributed by atoms with van der Waals surface area (Å²) in [7, 11) is 0. The lowest BCUT2D eigenvalue weighted by atomic mass is 10.1. The molecule has 0 amide bonds. The van der Waals surface area contributed by atoms with Gasteiger partial charge in [0.25, 0.3) is 0 Å². The maximum Gasteiger partial charge on any atom is 0.387 e. The van der Waals surface area contributed by atoms with Crippen molar-refractivity contribution in [2.75, 3.05) is 19.8 Å². The molecule has 0 saturated carbocycles. The molecule has 1 aromatic carbocycles. The molecule has 1 aromatic rings. The largest absolute Gasteiger partial charge is 0.490 e. The minimum Gasteiger partial charge on any atom is -0.490 e. The van der Waals surface area contributed by atoms with Crippen LogP contribution in [0.1, 0.15) is 31.9 Å². The highest BCUT2D eigenvalue weighted by Gasteiger charge is 2.15. The summed E-state index contributed by atoms with van der Waals surface area (Å²) in [5.41, 5.74) is 0.533. The summed E-state index contributed by atoms with van der Waals surface area (Å²) in [6.07, 6.45) is 0.0271. The van der Waals surface area contributed by atoms with Crippen molar-refractivity contribution in [2.24, 2.45) is 0 Å².